The van der Waals surface area contributed by atoms with Gasteiger partial charge in [0.25, 0.3) is 0 Å². The molecule has 0 aromatic heterocycles. The normalized spacial score (nSPS) is 14.6. The molecule has 84 valence electrons. The van der Waals surface area contributed by atoms with E-state index in [-0.39, 0.29) is 5.04 Å². The lowest BCUT2D eigenvalue weighted by molar-refractivity contribution is 0.313. The van der Waals surface area contributed by atoms with Gasteiger partial charge in [-0.05, 0) is 30.1 Å². The van der Waals surface area contributed by atoms with Gasteiger partial charge in [0.1, 0.15) is 0 Å². The molecule has 14 heavy (non-hydrogen) atoms. The van der Waals surface area contributed by atoms with Gasteiger partial charge < -0.3 is 4.43 Å². The van der Waals surface area contributed by atoms with E-state index in [0.29, 0.717) is 12.9 Å². The standard InChI is InChI=1S/C11H23FOSi/c1-7-10(8-12)9-13-14(5,6)11(2,3)4/h8H,7,9H2,1-6H3. The molecule has 0 radical (unpaired) electrons. The van der Waals surface area contributed by atoms with Crippen molar-refractivity contribution >= 4 is 8.32 Å². The molecule has 0 amide bonds. The molecule has 0 unspecified atom stereocenters. The topological polar surface area (TPSA) is 9.23 Å². The van der Waals surface area contributed by atoms with Gasteiger partial charge in [0.2, 0.25) is 0 Å². The number of rotatable bonds is 4. The SMILES string of the molecule is CCC(=CF)CO[Si](C)(C)C(C)(C)C. The van der Waals surface area contributed by atoms with Gasteiger partial charge in [-0.3, -0.25) is 0 Å². The van der Waals surface area contributed by atoms with Crippen LogP contribution in [0.4, 0.5) is 4.39 Å². The molecule has 0 saturated heterocycles. The zero-order valence-electron chi connectivity index (χ0n) is 10.3. The highest BCUT2D eigenvalue weighted by Gasteiger charge is 2.37. The molecule has 0 spiro atoms. The summed E-state index contributed by atoms with van der Waals surface area (Å²) in [6.45, 7) is 13.3. The second-order valence-corrected chi connectivity index (χ2v) is 9.98. The van der Waals surface area contributed by atoms with Crippen molar-refractivity contribution < 1.29 is 8.82 Å². The van der Waals surface area contributed by atoms with Gasteiger partial charge in [0, 0.05) is 0 Å². The predicted octanol–water partition coefficient (Wildman–Crippen LogP) is 4.27. The van der Waals surface area contributed by atoms with Crippen LogP contribution in [0.1, 0.15) is 34.1 Å². The summed E-state index contributed by atoms with van der Waals surface area (Å²) >= 11 is 0. The molecule has 0 aromatic carbocycles. The first-order valence-electron chi connectivity index (χ1n) is 5.16. The molecule has 0 aromatic rings. The van der Waals surface area contributed by atoms with Gasteiger partial charge in [0.15, 0.2) is 8.32 Å². The van der Waals surface area contributed by atoms with Gasteiger partial charge in [-0.15, -0.1) is 0 Å². The molecule has 0 atom stereocenters. The van der Waals surface area contributed by atoms with Gasteiger partial charge in [-0.1, -0.05) is 27.7 Å². The van der Waals surface area contributed by atoms with Gasteiger partial charge in [0.05, 0.1) is 12.9 Å². The van der Waals surface area contributed by atoms with E-state index in [2.05, 4.69) is 33.9 Å². The van der Waals surface area contributed by atoms with E-state index in [1.807, 2.05) is 6.92 Å². The van der Waals surface area contributed by atoms with Crippen LogP contribution in [-0.2, 0) is 4.43 Å². The maximum Gasteiger partial charge on any atom is 0.192 e. The van der Waals surface area contributed by atoms with Crippen molar-refractivity contribution in [2.75, 3.05) is 6.61 Å². The minimum absolute atomic E-state index is 0.197. The van der Waals surface area contributed by atoms with Crippen LogP contribution in [0.2, 0.25) is 18.1 Å². The maximum absolute atomic E-state index is 12.3. The lowest BCUT2D eigenvalue weighted by Crippen LogP contribution is -2.41. The Kier molecular flexibility index (Phi) is 5.02. The van der Waals surface area contributed by atoms with Crippen molar-refractivity contribution in [3.8, 4) is 0 Å². The molecule has 0 saturated carbocycles. The van der Waals surface area contributed by atoms with Crippen molar-refractivity contribution in [2.45, 2.75) is 52.2 Å². The van der Waals surface area contributed by atoms with E-state index in [1.165, 1.54) is 0 Å². The average Bonchev–Trinajstić information content (AvgIpc) is 2.04. The fourth-order valence-corrected chi connectivity index (χ4v) is 1.68. The van der Waals surface area contributed by atoms with Crippen LogP contribution in [0.5, 0.6) is 0 Å². The third kappa shape index (κ3) is 3.92. The fourth-order valence-electron chi connectivity index (χ4n) is 0.700. The van der Waals surface area contributed by atoms with Crippen LogP contribution in [0, 0.1) is 0 Å². The summed E-state index contributed by atoms with van der Waals surface area (Å²) in [5, 5.41) is 0.197. The van der Waals surface area contributed by atoms with E-state index in [9.17, 15) is 4.39 Å². The lowest BCUT2D eigenvalue weighted by Gasteiger charge is -2.36. The molecular formula is C11H23FOSi. The molecule has 3 heteroatoms. The Balaban J connectivity index is 4.26. The summed E-state index contributed by atoms with van der Waals surface area (Å²) in [6.07, 6.45) is 1.40. The number of hydrogen-bond acceptors (Lipinski definition) is 1. The zero-order chi connectivity index (χ0) is 11.4. The van der Waals surface area contributed by atoms with E-state index in [0.717, 1.165) is 12.0 Å². The fraction of sp³-hybridized carbons (Fsp3) is 0.818. The third-order valence-electron chi connectivity index (χ3n) is 3.03. The first-order valence-corrected chi connectivity index (χ1v) is 8.07. The van der Waals surface area contributed by atoms with Crippen LogP contribution in [0.3, 0.4) is 0 Å². The summed E-state index contributed by atoms with van der Waals surface area (Å²) in [5.74, 6) is 0. The number of halogens is 1. The Hall–Kier alpha value is -0.153. The molecule has 0 heterocycles. The summed E-state index contributed by atoms with van der Waals surface area (Å²) in [6, 6.07) is 0. The lowest BCUT2D eigenvalue weighted by atomic mass is 10.2. The smallest absolute Gasteiger partial charge is 0.192 e. The van der Waals surface area contributed by atoms with Gasteiger partial charge in [-0.25, -0.2) is 4.39 Å². The quantitative estimate of drug-likeness (QED) is 0.640. The first-order chi connectivity index (χ1) is 6.24. The molecule has 0 bridgehead atoms. The molecular weight excluding hydrogens is 195 g/mol. The second kappa shape index (κ2) is 5.08. The molecule has 1 nitrogen and oxygen atoms in total. The Morgan fingerprint density at radius 2 is 1.86 bits per heavy atom. The average molecular weight is 218 g/mol. The van der Waals surface area contributed by atoms with E-state index >= 15 is 0 Å². The maximum atomic E-state index is 12.3. The zero-order valence-corrected chi connectivity index (χ0v) is 11.3. The minimum atomic E-state index is -1.71. The van der Waals surface area contributed by atoms with E-state index in [1.54, 1.807) is 0 Å². The Morgan fingerprint density at radius 1 is 1.36 bits per heavy atom. The van der Waals surface area contributed by atoms with Crippen LogP contribution < -0.4 is 0 Å². The molecule has 0 aliphatic heterocycles. The predicted molar refractivity (Wildman–Crippen MR) is 62.6 cm³/mol. The molecule has 0 rings (SSSR count). The molecule has 0 N–H and O–H groups in total. The highest BCUT2D eigenvalue weighted by molar-refractivity contribution is 6.74. The van der Waals surface area contributed by atoms with Crippen molar-refractivity contribution in [3.63, 3.8) is 0 Å². The summed E-state index contributed by atoms with van der Waals surface area (Å²) in [5.41, 5.74) is 0.745. The van der Waals surface area contributed by atoms with Crippen molar-refractivity contribution in [3.05, 3.63) is 11.9 Å². The van der Waals surface area contributed by atoms with Gasteiger partial charge in [-0.2, -0.15) is 0 Å². The van der Waals surface area contributed by atoms with Crippen molar-refractivity contribution in [2.24, 2.45) is 0 Å². The van der Waals surface area contributed by atoms with Crippen molar-refractivity contribution in [1.82, 2.24) is 0 Å². The van der Waals surface area contributed by atoms with Crippen LogP contribution in [0.15, 0.2) is 11.9 Å². The molecule has 0 aliphatic carbocycles. The monoisotopic (exact) mass is 218 g/mol. The van der Waals surface area contributed by atoms with E-state index in [4.69, 9.17) is 4.43 Å². The minimum Gasteiger partial charge on any atom is -0.413 e. The summed E-state index contributed by atoms with van der Waals surface area (Å²) in [4.78, 5) is 0. The van der Waals surface area contributed by atoms with Crippen LogP contribution in [0.25, 0.3) is 0 Å². The number of hydrogen-bond donors (Lipinski definition) is 0. The van der Waals surface area contributed by atoms with E-state index < -0.39 is 8.32 Å². The summed E-state index contributed by atoms with van der Waals surface area (Å²) in [7, 11) is -1.71. The Morgan fingerprint density at radius 3 is 2.14 bits per heavy atom. The third-order valence-corrected chi connectivity index (χ3v) is 7.51. The molecule has 0 aliphatic rings. The van der Waals surface area contributed by atoms with Crippen molar-refractivity contribution in [1.29, 1.82) is 0 Å². The first kappa shape index (κ1) is 13.8. The highest BCUT2D eigenvalue weighted by atomic mass is 28.4. The largest absolute Gasteiger partial charge is 0.413 e. The molecule has 0 fully saturated rings. The Bertz CT molecular complexity index is 204. The van der Waals surface area contributed by atoms with Crippen LogP contribution in [-0.4, -0.2) is 14.9 Å². The summed E-state index contributed by atoms with van der Waals surface area (Å²) < 4.78 is 18.2. The highest BCUT2D eigenvalue weighted by Crippen LogP contribution is 2.36. The van der Waals surface area contributed by atoms with Crippen LogP contribution >= 0.6 is 0 Å². The Labute approximate surface area is 88.5 Å². The second-order valence-electron chi connectivity index (χ2n) is 5.17. The van der Waals surface area contributed by atoms with Gasteiger partial charge >= 0.3 is 0 Å².